The molecule has 142 valence electrons. The second-order valence-electron chi connectivity index (χ2n) is 7.12. The highest BCUT2D eigenvalue weighted by Gasteiger charge is 2.27. The molecule has 0 bridgehead atoms. The van der Waals surface area contributed by atoms with Crippen molar-refractivity contribution in [2.75, 3.05) is 35.4 Å². The molecule has 26 heavy (non-hydrogen) atoms. The van der Waals surface area contributed by atoms with Crippen molar-refractivity contribution >= 4 is 34.7 Å². The zero-order valence-electron chi connectivity index (χ0n) is 15.3. The number of anilines is 2. The zero-order valence-corrected chi connectivity index (χ0v) is 16.1. The summed E-state index contributed by atoms with van der Waals surface area (Å²) >= 11 is 1.80. The van der Waals surface area contributed by atoms with Gasteiger partial charge in [-0.1, -0.05) is 6.92 Å². The van der Waals surface area contributed by atoms with Gasteiger partial charge in [0.1, 0.15) is 5.69 Å². The fraction of sp³-hybridized carbons (Fsp3) is 0.611. The summed E-state index contributed by atoms with van der Waals surface area (Å²) in [6.07, 6.45) is 4.16. The first-order valence-corrected chi connectivity index (χ1v) is 10.3. The molecule has 1 saturated carbocycles. The van der Waals surface area contributed by atoms with E-state index >= 15 is 0 Å². The molecule has 1 saturated heterocycles. The predicted octanol–water partition coefficient (Wildman–Crippen LogP) is 3.46. The average Bonchev–Trinajstić information content (AvgIpc) is 3.16. The lowest BCUT2D eigenvalue weighted by Gasteiger charge is -2.28. The van der Waals surface area contributed by atoms with E-state index in [2.05, 4.69) is 22.5 Å². The molecule has 2 aliphatic rings. The molecule has 1 aromatic carbocycles. The minimum atomic E-state index is -0.437. The minimum Gasteiger partial charge on any atom is -0.383 e. The second-order valence-corrected chi connectivity index (χ2v) is 8.20. The smallest absolute Gasteiger partial charge is 0.293 e. The van der Waals surface area contributed by atoms with Gasteiger partial charge in [0.05, 0.1) is 22.1 Å². The zero-order chi connectivity index (χ0) is 18.7. The summed E-state index contributed by atoms with van der Waals surface area (Å²) in [4.78, 5) is 26.1. The van der Waals surface area contributed by atoms with Crippen LogP contribution in [0.1, 0.15) is 43.0 Å². The number of carbonyl (C=O) groups is 1. The van der Waals surface area contributed by atoms with E-state index in [-0.39, 0.29) is 17.6 Å². The van der Waals surface area contributed by atoms with Gasteiger partial charge < -0.3 is 15.5 Å². The van der Waals surface area contributed by atoms with E-state index in [1.807, 2.05) is 0 Å². The second kappa shape index (κ2) is 8.16. The third kappa shape index (κ3) is 4.06. The Morgan fingerprint density at radius 2 is 2.04 bits per heavy atom. The van der Waals surface area contributed by atoms with E-state index in [1.54, 1.807) is 24.9 Å². The average molecular weight is 378 g/mol. The first-order valence-electron chi connectivity index (χ1n) is 9.13. The molecule has 0 aromatic heterocycles. The van der Waals surface area contributed by atoms with Crippen molar-refractivity contribution in [3.05, 3.63) is 27.8 Å². The molecule has 1 heterocycles. The number of nitrogens with one attached hydrogen (secondary N) is 2. The van der Waals surface area contributed by atoms with Crippen LogP contribution in [0, 0.1) is 16.0 Å². The molecule has 0 spiro atoms. The fourth-order valence-electron chi connectivity index (χ4n) is 3.64. The van der Waals surface area contributed by atoms with E-state index < -0.39 is 4.92 Å². The van der Waals surface area contributed by atoms with Crippen LogP contribution in [-0.4, -0.2) is 42.1 Å². The number of carbonyl (C=O) groups excluding carboxylic acids is 1. The van der Waals surface area contributed by atoms with Crippen molar-refractivity contribution in [2.45, 2.75) is 38.6 Å². The Hall–Kier alpha value is -1.96. The van der Waals surface area contributed by atoms with E-state index in [4.69, 9.17) is 0 Å². The van der Waals surface area contributed by atoms with Gasteiger partial charge in [0.25, 0.3) is 11.6 Å². The summed E-state index contributed by atoms with van der Waals surface area (Å²) in [5, 5.41) is 17.4. The maximum atomic E-state index is 13.0. The summed E-state index contributed by atoms with van der Waals surface area (Å²) in [7, 11) is 1.66. The van der Waals surface area contributed by atoms with Crippen LogP contribution in [0.5, 0.6) is 0 Å². The number of amides is 1. The normalized spacial score (nSPS) is 22.9. The number of rotatable bonds is 5. The van der Waals surface area contributed by atoms with Gasteiger partial charge in [-0.05, 0) is 37.7 Å². The fourth-order valence-corrected chi connectivity index (χ4v) is 4.61. The summed E-state index contributed by atoms with van der Waals surface area (Å²) in [6, 6.07) is 3.31. The van der Waals surface area contributed by atoms with Gasteiger partial charge in [-0.2, -0.15) is 0 Å². The van der Waals surface area contributed by atoms with Crippen molar-refractivity contribution < 1.29 is 9.72 Å². The third-order valence-electron chi connectivity index (χ3n) is 5.27. The van der Waals surface area contributed by atoms with E-state index in [0.29, 0.717) is 17.2 Å². The molecule has 8 heteroatoms. The minimum absolute atomic E-state index is 0.0643. The van der Waals surface area contributed by atoms with Gasteiger partial charge in [-0.25, -0.2) is 0 Å². The Morgan fingerprint density at radius 3 is 2.62 bits per heavy atom. The lowest BCUT2D eigenvalue weighted by molar-refractivity contribution is -0.383. The van der Waals surface area contributed by atoms with Gasteiger partial charge in [0, 0.05) is 31.5 Å². The van der Waals surface area contributed by atoms with Crippen LogP contribution in [0.2, 0.25) is 0 Å². The summed E-state index contributed by atoms with van der Waals surface area (Å²) < 4.78 is 0. The van der Waals surface area contributed by atoms with Crippen LogP contribution >= 0.6 is 11.8 Å². The van der Waals surface area contributed by atoms with Crippen LogP contribution < -0.4 is 15.5 Å². The molecule has 1 aromatic rings. The van der Waals surface area contributed by atoms with Crippen LogP contribution in [0.25, 0.3) is 0 Å². The highest BCUT2D eigenvalue weighted by Crippen LogP contribution is 2.35. The third-order valence-corrected chi connectivity index (χ3v) is 6.23. The number of hydrogen-bond acceptors (Lipinski definition) is 6. The first-order chi connectivity index (χ1) is 12.5. The van der Waals surface area contributed by atoms with Crippen molar-refractivity contribution in [1.29, 1.82) is 0 Å². The Bertz CT molecular complexity index is 683. The van der Waals surface area contributed by atoms with E-state index in [1.165, 1.54) is 6.07 Å². The molecule has 2 fully saturated rings. The molecule has 1 aliphatic heterocycles. The molecule has 7 nitrogen and oxygen atoms in total. The highest BCUT2D eigenvalue weighted by molar-refractivity contribution is 7.99. The molecule has 2 N–H and O–H groups in total. The Balaban J connectivity index is 1.90. The van der Waals surface area contributed by atoms with Crippen molar-refractivity contribution in [3.8, 4) is 0 Å². The SMILES string of the molecule is CNc1cc(N2CCSC2)c(C(=O)N[C@H]2CC[C@H](C)CC2)cc1[N+](=O)[O-]. The van der Waals surface area contributed by atoms with Gasteiger partial charge in [0.2, 0.25) is 0 Å². The molecule has 0 unspecified atom stereocenters. The summed E-state index contributed by atoms with van der Waals surface area (Å²) in [5.41, 5.74) is 1.54. The van der Waals surface area contributed by atoms with Crippen molar-refractivity contribution in [2.24, 2.45) is 5.92 Å². The first kappa shape index (κ1) is 18.8. The van der Waals surface area contributed by atoms with Gasteiger partial charge in [-0.15, -0.1) is 11.8 Å². The lowest BCUT2D eigenvalue weighted by Crippen LogP contribution is -2.38. The van der Waals surface area contributed by atoms with Crippen molar-refractivity contribution in [3.63, 3.8) is 0 Å². The molecule has 3 rings (SSSR count). The number of nitro benzene ring substituents is 1. The van der Waals surface area contributed by atoms with Crippen molar-refractivity contribution in [1.82, 2.24) is 5.32 Å². The number of thioether (sulfide) groups is 1. The Morgan fingerprint density at radius 1 is 1.31 bits per heavy atom. The van der Waals surface area contributed by atoms with Crippen LogP contribution in [0.4, 0.5) is 17.1 Å². The maximum Gasteiger partial charge on any atom is 0.293 e. The quantitative estimate of drug-likeness (QED) is 0.603. The molecule has 1 aliphatic carbocycles. The Kier molecular flexibility index (Phi) is 5.90. The summed E-state index contributed by atoms with van der Waals surface area (Å²) in [6.45, 7) is 3.08. The number of hydrogen-bond donors (Lipinski definition) is 2. The van der Waals surface area contributed by atoms with Crippen LogP contribution in [0.3, 0.4) is 0 Å². The Labute approximate surface area is 158 Å². The number of benzene rings is 1. The largest absolute Gasteiger partial charge is 0.383 e. The van der Waals surface area contributed by atoms with E-state index in [0.717, 1.165) is 49.5 Å². The monoisotopic (exact) mass is 378 g/mol. The molecular formula is C18H26N4O3S. The lowest BCUT2D eigenvalue weighted by atomic mass is 9.87. The molecule has 1 amide bonds. The molecule has 0 radical (unpaired) electrons. The standard InChI is InChI=1S/C18H26N4O3S/c1-12-3-5-13(6-4-12)20-18(23)14-9-17(22(24)25)15(19-2)10-16(14)21-7-8-26-11-21/h9-10,12-13,19H,3-8,11H2,1-2H3,(H,20,23)/t12-,13-. The molecular weight excluding hydrogens is 352 g/mol. The van der Waals surface area contributed by atoms with Crippen LogP contribution in [0.15, 0.2) is 12.1 Å². The maximum absolute atomic E-state index is 13.0. The van der Waals surface area contributed by atoms with Crippen LogP contribution in [-0.2, 0) is 0 Å². The predicted molar refractivity (Wildman–Crippen MR) is 106 cm³/mol. The molecule has 0 atom stereocenters. The topological polar surface area (TPSA) is 87.5 Å². The summed E-state index contributed by atoms with van der Waals surface area (Å²) in [5.74, 6) is 2.29. The number of nitro groups is 1. The number of nitrogens with zero attached hydrogens (tertiary/aromatic N) is 2. The van der Waals surface area contributed by atoms with Gasteiger partial charge in [0.15, 0.2) is 0 Å². The van der Waals surface area contributed by atoms with Gasteiger partial charge in [-0.3, -0.25) is 14.9 Å². The van der Waals surface area contributed by atoms with E-state index in [9.17, 15) is 14.9 Å². The highest BCUT2D eigenvalue weighted by atomic mass is 32.2. The van der Waals surface area contributed by atoms with Gasteiger partial charge >= 0.3 is 0 Å².